The second-order valence-electron chi connectivity index (χ2n) is 7.15. The number of aryl methyl sites for hydroxylation is 2. The van der Waals surface area contributed by atoms with Crippen molar-refractivity contribution in [1.82, 2.24) is 15.1 Å². The number of hydrogen-bond acceptors (Lipinski definition) is 4. The van der Waals surface area contributed by atoms with E-state index in [4.69, 9.17) is 0 Å². The molecule has 2 heterocycles. The maximum Gasteiger partial charge on any atom is 0.261 e. The van der Waals surface area contributed by atoms with Crippen molar-refractivity contribution >= 4 is 17.2 Å². The molecule has 1 saturated heterocycles. The zero-order chi connectivity index (χ0) is 18.5. The van der Waals surface area contributed by atoms with Crippen LogP contribution in [-0.4, -0.2) is 48.9 Å². The molecule has 1 aliphatic rings. The Morgan fingerprint density at radius 2 is 1.88 bits per heavy atom. The molecule has 1 fully saturated rings. The van der Waals surface area contributed by atoms with Gasteiger partial charge in [-0.2, -0.15) is 0 Å². The number of carbonyl (C=O) groups excluding carboxylic acids is 1. The quantitative estimate of drug-likeness (QED) is 0.846. The molecule has 140 valence electrons. The van der Waals surface area contributed by atoms with E-state index >= 15 is 0 Å². The monoisotopic (exact) mass is 371 g/mol. The summed E-state index contributed by atoms with van der Waals surface area (Å²) >= 11 is 1.61. The van der Waals surface area contributed by atoms with Crippen molar-refractivity contribution < 1.29 is 4.79 Å². The Balaban J connectivity index is 1.55. The SMILES string of the molecule is CCc1sc(C(=O)NCc2cccc(CN3CCN(C)CC3)c2)cc1C. The van der Waals surface area contributed by atoms with Crippen LogP contribution in [0.15, 0.2) is 30.3 Å². The summed E-state index contributed by atoms with van der Waals surface area (Å²) in [5.74, 6) is 0.0299. The standard InChI is InChI=1S/C21H29N3OS/c1-4-19-16(2)12-20(26-19)21(25)22-14-17-6-5-7-18(13-17)15-24-10-8-23(3)9-11-24/h5-7,12-13H,4,8-11,14-15H2,1-3H3,(H,22,25). The van der Waals surface area contributed by atoms with Gasteiger partial charge < -0.3 is 10.2 Å². The van der Waals surface area contributed by atoms with Crippen LogP contribution in [0, 0.1) is 6.92 Å². The molecule has 1 aromatic carbocycles. The number of likely N-dealkylation sites (N-methyl/N-ethyl adjacent to an activating group) is 1. The third-order valence-corrected chi connectivity index (χ3v) is 6.39. The number of rotatable bonds is 6. The molecular weight excluding hydrogens is 342 g/mol. The van der Waals surface area contributed by atoms with Crippen molar-refractivity contribution in [2.45, 2.75) is 33.4 Å². The molecule has 4 nitrogen and oxygen atoms in total. The molecule has 0 unspecified atom stereocenters. The summed E-state index contributed by atoms with van der Waals surface area (Å²) in [6, 6.07) is 10.6. The van der Waals surface area contributed by atoms with Crippen molar-refractivity contribution in [3.8, 4) is 0 Å². The normalized spacial score (nSPS) is 16.0. The first-order valence-corrected chi connectivity index (χ1v) is 10.2. The zero-order valence-electron chi connectivity index (χ0n) is 16.0. The summed E-state index contributed by atoms with van der Waals surface area (Å²) in [6.45, 7) is 10.3. The zero-order valence-corrected chi connectivity index (χ0v) is 16.9. The largest absolute Gasteiger partial charge is 0.347 e. The average molecular weight is 372 g/mol. The van der Waals surface area contributed by atoms with Crippen LogP contribution < -0.4 is 5.32 Å². The molecule has 1 aromatic heterocycles. The van der Waals surface area contributed by atoms with Gasteiger partial charge in [0.25, 0.3) is 5.91 Å². The van der Waals surface area contributed by atoms with Gasteiger partial charge in [0.05, 0.1) is 4.88 Å². The van der Waals surface area contributed by atoms with Crippen LogP contribution in [0.4, 0.5) is 0 Å². The fraction of sp³-hybridized carbons (Fsp3) is 0.476. The van der Waals surface area contributed by atoms with E-state index < -0.39 is 0 Å². The fourth-order valence-corrected chi connectivity index (χ4v) is 4.38. The van der Waals surface area contributed by atoms with Crippen LogP contribution in [0.3, 0.4) is 0 Å². The molecule has 0 saturated carbocycles. The van der Waals surface area contributed by atoms with Gasteiger partial charge in [0.1, 0.15) is 0 Å². The number of thiophene rings is 1. The van der Waals surface area contributed by atoms with Gasteiger partial charge in [0.2, 0.25) is 0 Å². The van der Waals surface area contributed by atoms with Crippen LogP contribution in [-0.2, 0) is 19.5 Å². The second-order valence-corrected chi connectivity index (χ2v) is 8.29. The highest BCUT2D eigenvalue weighted by molar-refractivity contribution is 7.14. The molecule has 1 N–H and O–H groups in total. The van der Waals surface area contributed by atoms with E-state index in [9.17, 15) is 4.79 Å². The second kappa shape index (κ2) is 8.80. The van der Waals surface area contributed by atoms with Gasteiger partial charge in [0.15, 0.2) is 0 Å². The number of amides is 1. The first kappa shape index (κ1) is 19.1. The predicted molar refractivity (Wildman–Crippen MR) is 109 cm³/mol. The number of hydrogen-bond donors (Lipinski definition) is 1. The van der Waals surface area contributed by atoms with Crippen molar-refractivity contribution in [2.75, 3.05) is 33.2 Å². The molecular formula is C21H29N3OS. The summed E-state index contributed by atoms with van der Waals surface area (Å²) in [4.78, 5) is 19.4. The lowest BCUT2D eigenvalue weighted by Gasteiger charge is -2.32. The first-order chi connectivity index (χ1) is 12.5. The lowest BCUT2D eigenvalue weighted by atomic mass is 10.1. The van der Waals surface area contributed by atoms with E-state index in [-0.39, 0.29) is 5.91 Å². The van der Waals surface area contributed by atoms with Gasteiger partial charge in [-0.15, -0.1) is 11.3 Å². The smallest absolute Gasteiger partial charge is 0.261 e. The molecule has 0 aliphatic carbocycles. The fourth-order valence-electron chi connectivity index (χ4n) is 3.35. The molecule has 0 spiro atoms. The maximum absolute atomic E-state index is 12.4. The summed E-state index contributed by atoms with van der Waals surface area (Å²) in [5, 5.41) is 3.07. The Labute approximate surface area is 160 Å². The van der Waals surface area contributed by atoms with E-state index in [1.165, 1.54) is 16.0 Å². The van der Waals surface area contributed by atoms with Crippen molar-refractivity contribution in [2.24, 2.45) is 0 Å². The van der Waals surface area contributed by atoms with Crippen LogP contribution in [0.25, 0.3) is 0 Å². The average Bonchev–Trinajstić information content (AvgIpc) is 3.03. The van der Waals surface area contributed by atoms with Crippen LogP contribution in [0.5, 0.6) is 0 Å². The predicted octanol–water partition coefficient (Wildman–Crippen LogP) is 3.30. The number of carbonyl (C=O) groups is 1. The summed E-state index contributed by atoms with van der Waals surface area (Å²) in [5.41, 5.74) is 3.70. The number of nitrogens with zero attached hydrogens (tertiary/aromatic N) is 2. The lowest BCUT2D eigenvalue weighted by Crippen LogP contribution is -2.43. The van der Waals surface area contributed by atoms with E-state index in [1.54, 1.807) is 11.3 Å². The maximum atomic E-state index is 12.4. The third kappa shape index (κ3) is 4.93. The van der Waals surface area contributed by atoms with Gasteiger partial charge in [0, 0.05) is 44.1 Å². The molecule has 1 aliphatic heterocycles. The highest BCUT2D eigenvalue weighted by Gasteiger charge is 2.14. The number of piperazine rings is 1. The minimum absolute atomic E-state index is 0.0299. The van der Waals surface area contributed by atoms with E-state index in [0.29, 0.717) is 6.54 Å². The summed E-state index contributed by atoms with van der Waals surface area (Å²) in [7, 11) is 2.18. The Morgan fingerprint density at radius 3 is 2.58 bits per heavy atom. The van der Waals surface area contributed by atoms with E-state index in [0.717, 1.165) is 49.6 Å². The molecule has 0 bridgehead atoms. The van der Waals surface area contributed by atoms with E-state index in [2.05, 4.69) is 60.3 Å². The number of benzene rings is 1. The van der Waals surface area contributed by atoms with E-state index in [1.807, 2.05) is 6.07 Å². The Bertz CT molecular complexity index is 747. The van der Waals surface area contributed by atoms with Crippen LogP contribution in [0.2, 0.25) is 0 Å². The van der Waals surface area contributed by atoms with Crippen LogP contribution >= 0.6 is 11.3 Å². The molecule has 2 aromatic rings. The highest BCUT2D eigenvalue weighted by atomic mass is 32.1. The Kier molecular flexibility index (Phi) is 6.46. The number of nitrogens with one attached hydrogen (secondary N) is 1. The van der Waals surface area contributed by atoms with Crippen LogP contribution in [0.1, 0.15) is 38.2 Å². The third-order valence-electron chi connectivity index (χ3n) is 5.01. The molecule has 3 rings (SSSR count). The molecule has 0 radical (unpaired) electrons. The minimum Gasteiger partial charge on any atom is -0.347 e. The first-order valence-electron chi connectivity index (χ1n) is 9.41. The van der Waals surface area contributed by atoms with Gasteiger partial charge in [-0.3, -0.25) is 9.69 Å². The van der Waals surface area contributed by atoms with Gasteiger partial charge >= 0.3 is 0 Å². The van der Waals surface area contributed by atoms with Gasteiger partial charge in [-0.05, 0) is 43.1 Å². The summed E-state index contributed by atoms with van der Waals surface area (Å²) in [6.07, 6.45) is 0.984. The lowest BCUT2D eigenvalue weighted by molar-refractivity contribution is 0.0955. The Hall–Kier alpha value is -1.69. The van der Waals surface area contributed by atoms with Gasteiger partial charge in [-0.25, -0.2) is 0 Å². The molecule has 5 heteroatoms. The van der Waals surface area contributed by atoms with Crippen molar-refractivity contribution in [3.05, 3.63) is 56.8 Å². The molecule has 1 amide bonds. The topological polar surface area (TPSA) is 35.6 Å². The summed E-state index contributed by atoms with van der Waals surface area (Å²) < 4.78 is 0. The van der Waals surface area contributed by atoms with Crippen molar-refractivity contribution in [1.29, 1.82) is 0 Å². The molecule has 0 atom stereocenters. The minimum atomic E-state index is 0.0299. The highest BCUT2D eigenvalue weighted by Crippen LogP contribution is 2.22. The molecule has 26 heavy (non-hydrogen) atoms. The Morgan fingerprint density at radius 1 is 1.15 bits per heavy atom. The van der Waals surface area contributed by atoms with Gasteiger partial charge in [-0.1, -0.05) is 31.2 Å². The van der Waals surface area contributed by atoms with Crippen molar-refractivity contribution in [3.63, 3.8) is 0 Å².